The molecule has 0 aliphatic carbocycles. The van der Waals surface area contributed by atoms with Gasteiger partial charge in [-0.15, -0.1) is 0 Å². The topological polar surface area (TPSA) is 102 Å². The van der Waals surface area contributed by atoms with E-state index in [1.165, 1.54) is 5.06 Å². The average molecular weight is 444 g/mol. The molecule has 2 fully saturated rings. The van der Waals surface area contributed by atoms with Crippen LogP contribution in [-0.4, -0.2) is 66.8 Å². The molecule has 1 atom stereocenters. The van der Waals surface area contributed by atoms with E-state index in [4.69, 9.17) is 14.7 Å². The molecule has 0 amide bonds. The smallest absolute Gasteiger partial charge is 0.309 e. The van der Waals surface area contributed by atoms with Crippen molar-refractivity contribution in [2.75, 3.05) is 0 Å². The van der Waals surface area contributed by atoms with Gasteiger partial charge in [-0.05, 0) is 55.4 Å². The van der Waals surface area contributed by atoms with E-state index in [1.807, 2.05) is 55.4 Å². The van der Waals surface area contributed by atoms with Gasteiger partial charge in [-0.2, -0.15) is 5.06 Å². The van der Waals surface area contributed by atoms with E-state index in [0.717, 1.165) is 0 Å². The second-order valence-electron chi connectivity index (χ2n) is 12.0. The maximum absolute atomic E-state index is 12.7. The fraction of sp³-hybridized carbons (Fsp3) is 0.913. The number of hydrogen-bond acceptors (Lipinski definition) is 7. The molecule has 2 saturated heterocycles. The van der Waals surface area contributed by atoms with Crippen molar-refractivity contribution in [2.45, 2.75) is 129 Å². The molecule has 180 valence electrons. The molecule has 3 N–H and O–H groups in total. The number of hydrogen-bond donors (Lipinski definition) is 1. The van der Waals surface area contributed by atoms with Crippen molar-refractivity contribution in [3.05, 3.63) is 0 Å². The molecule has 2 aliphatic heterocycles. The molecule has 31 heavy (non-hydrogen) atoms. The fourth-order valence-corrected chi connectivity index (χ4v) is 5.38. The molecule has 0 bridgehead atoms. The summed E-state index contributed by atoms with van der Waals surface area (Å²) in [6, 6.07) is 0. The number of hydroxylamine groups is 4. The predicted molar refractivity (Wildman–Crippen MR) is 117 cm³/mol. The normalized spacial score (nSPS) is 27.5. The van der Waals surface area contributed by atoms with Crippen LogP contribution in [0.3, 0.4) is 0 Å². The van der Waals surface area contributed by atoms with Crippen LogP contribution in [0.5, 0.6) is 0 Å². The number of piperidine rings is 2. The van der Waals surface area contributed by atoms with Gasteiger partial charge in [0.1, 0.15) is 12.2 Å². The first-order valence-corrected chi connectivity index (χ1v) is 11.3. The van der Waals surface area contributed by atoms with Crippen molar-refractivity contribution in [1.29, 1.82) is 0 Å². The predicted octanol–water partition coefficient (Wildman–Crippen LogP) is 3.17. The van der Waals surface area contributed by atoms with Crippen molar-refractivity contribution in [3.8, 4) is 0 Å². The largest absolute Gasteiger partial charge is 0.462 e. The Labute approximate surface area is 186 Å². The molecule has 0 aromatic heterocycles. The van der Waals surface area contributed by atoms with Crippen LogP contribution < -0.4 is 0 Å². The summed E-state index contributed by atoms with van der Waals surface area (Å²) in [4.78, 5) is 25.2. The van der Waals surface area contributed by atoms with Gasteiger partial charge in [-0.25, -0.2) is 0 Å². The Kier molecular flexibility index (Phi) is 7.23. The lowest BCUT2D eigenvalue weighted by Crippen LogP contribution is -2.61. The number of nitrogens with zero attached hydrogens (tertiary/aromatic N) is 2. The average Bonchev–Trinajstić information content (AvgIpc) is 2.56. The summed E-state index contributed by atoms with van der Waals surface area (Å²) in [5.74, 6) is -1.44. The van der Waals surface area contributed by atoms with Crippen LogP contribution >= 0.6 is 0 Å². The van der Waals surface area contributed by atoms with Crippen LogP contribution in [-0.2, 0) is 19.1 Å². The zero-order valence-electron chi connectivity index (χ0n) is 20.7. The van der Waals surface area contributed by atoms with Gasteiger partial charge in [0.05, 0.1) is 23.4 Å². The fourth-order valence-electron chi connectivity index (χ4n) is 5.38. The minimum absolute atomic E-state index is 0.0353. The monoisotopic (exact) mass is 443 g/mol. The van der Waals surface area contributed by atoms with Crippen molar-refractivity contribution in [2.24, 2.45) is 5.92 Å². The standard InChI is InChI=1S/C23H42N2O6/c1-15(19(27)31-17-13-22(6,7)25(29)23(8,9)14-17)10-18(26)30-16-11-20(2,3)24(28)21(4,5)12-16/h15-17,28-29H,10-14H2,1-9H3/p+1. The molecule has 2 aliphatic rings. The number of esters is 2. The highest BCUT2D eigenvalue weighted by molar-refractivity contribution is 5.79. The van der Waals surface area contributed by atoms with Crippen molar-refractivity contribution in [3.63, 3.8) is 0 Å². The van der Waals surface area contributed by atoms with Crippen molar-refractivity contribution < 1.29 is 29.5 Å². The van der Waals surface area contributed by atoms with Crippen LogP contribution in [0.2, 0.25) is 0 Å². The van der Waals surface area contributed by atoms with E-state index in [0.29, 0.717) is 25.7 Å². The number of ether oxygens (including phenoxy) is 2. The van der Waals surface area contributed by atoms with Gasteiger partial charge in [-0.1, -0.05) is 12.0 Å². The maximum Gasteiger partial charge on any atom is 0.309 e. The van der Waals surface area contributed by atoms with E-state index >= 15 is 0 Å². The Morgan fingerprint density at radius 2 is 1.26 bits per heavy atom. The molecule has 0 spiro atoms. The van der Waals surface area contributed by atoms with Crippen molar-refractivity contribution >= 4 is 11.9 Å². The highest BCUT2D eigenvalue weighted by atomic mass is 16.6. The Balaban J connectivity index is 1.91. The lowest BCUT2D eigenvalue weighted by atomic mass is 9.80. The minimum atomic E-state index is -0.608. The van der Waals surface area contributed by atoms with E-state index < -0.39 is 40.0 Å². The molecule has 2 rings (SSSR count). The van der Waals surface area contributed by atoms with Gasteiger partial charge in [0, 0.05) is 36.8 Å². The van der Waals surface area contributed by atoms with Crippen LogP contribution in [0, 0.1) is 5.92 Å². The highest BCUT2D eigenvalue weighted by Gasteiger charge is 2.50. The van der Waals surface area contributed by atoms with Crippen LogP contribution in [0.25, 0.3) is 0 Å². The second kappa shape index (κ2) is 8.61. The van der Waals surface area contributed by atoms with Gasteiger partial charge in [0.25, 0.3) is 0 Å². The van der Waals surface area contributed by atoms with Gasteiger partial charge in [-0.3, -0.25) is 9.59 Å². The van der Waals surface area contributed by atoms with Gasteiger partial charge in [0.15, 0.2) is 0 Å². The lowest BCUT2D eigenvalue weighted by molar-refractivity contribution is -0.260. The van der Waals surface area contributed by atoms with E-state index in [9.17, 15) is 14.8 Å². The zero-order valence-corrected chi connectivity index (χ0v) is 20.7. The van der Waals surface area contributed by atoms with Gasteiger partial charge >= 0.3 is 11.9 Å². The molecule has 0 aromatic rings. The molecule has 0 saturated carbocycles. The molecule has 0 aromatic carbocycles. The number of rotatable bonds is 5. The maximum atomic E-state index is 12.7. The lowest BCUT2D eigenvalue weighted by Gasteiger charge is -2.51. The third kappa shape index (κ3) is 5.97. The van der Waals surface area contributed by atoms with Crippen LogP contribution in [0.4, 0.5) is 0 Å². The van der Waals surface area contributed by atoms with Crippen molar-refractivity contribution in [1.82, 2.24) is 10.1 Å². The molecule has 8 heteroatoms. The van der Waals surface area contributed by atoms with E-state index in [1.54, 1.807) is 12.0 Å². The first-order chi connectivity index (χ1) is 13.9. The van der Waals surface area contributed by atoms with E-state index in [-0.39, 0.29) is 18.6 Å². The van der Waals surface area contributed by atoms with Crippen LogP contribution in [0.15, 0.2) is 0 Å². The summed E-state index contributed by atoms with van der Waals surface area (Å²) in [6.45, 7) is 17.2. The summed E-state index contributed by atoms with van der Waals surface area (Å²) in [5, 5.41) is 21.7. The summed E-state index contributed by atoms with van der Waals surface area (Å²) in [6.07, 6.45) is 1.56. The van der Waals surface area contributed by atoms with Crippen LogP contribution in [0.1, 0.15) is 94.4 Å². The van der Waals surface area contributed by atoms with Gasteiger partial charge < -0.3 is 19.9 Å². The Morgan fingerprint density at radius 1 is 0.871 bits per heavy atom. The molecule has 8 nitrogen and oxygen atoms in total. The summed E-state index contributed by atoms with van der Waals surface area (Å²) in [7, 11) is 0. The molecular weight excluding hydrogens is 400 g/mol. The highest BCUT2D eigenvalue weighted by Crippen LogP contribution is 2.39. The first kappa shape index (κ1) is 26.0. The third-order valence-electron chi connectivity index (χ3n) is 6.72. The Hall–Kier alpha value is -1.22. The summed E-state index contributed by atoms with van der Waals surface area (Å²) in [5.41, 5.74) is -1.83. The summed E-state index contributed by atoms with van der Waals surface area (Å²) < 4.78 is 11.4. The Morgan fingerprint density at radius 3 is 1.71 bits per heavy atom. The molecular formula is C23H43N2O6+. The SMILES string of the molecule is CC(CC(=O)OC1CC(C)(C)N([OH2+])C(C)(C)C1)C(=O)OC1CC(C)(C)N(O)C(C)(C)C1. The third-order valence-corrected chi connectivity index (χ3v) is 6.72. The molecule has 2 heterocycles. The number of carbonyl (C=O) groups is 2. The Bertz CT molecular complexity index is 652. The number of carbonyl (C=O) groups excluding carboxylic acids is 2. The second-order valence-corrected chi connectivity index (χ2v) is 12.0. The molecule has 1 unspecified atom stereocenters. The van der Waals surface area contributed by atoms with E-state index in [2.05, 4.69) is 0 Å². The summed E-state index contributed by atoms with van der Waals surface area (Å²) >= 11 is 0. The first-order valence-electron chi connectivity index (χ1n) is 11.3. The zero-order chi connectivity index (χ0) is 24.0. The quantitative estimate of drug-likeness (QED) is 0.514. The van der Waals surface area contributed by atoms with Gasteiger partial charge in [0.2, 0.25) is 0 Å². The molecule has 0 radical (unpaired) electrons. The minimum Gasteiger partial charge on any atom is -0.462 e.